The lowest BCUT2D eigenvalue weighted by atomic mass is 10.1. The smallest absolute Gasteiger partial charge is 0.320 e. The zero-order chi connectivity index (χ0) is 19.7. The van der Waals surface area contributed by atoms with Crippen LogP contribution in [-0.4, -0.2) is 30.6 Å². The van der Waals surface area contributed by atoms with E-state index in [1.807, 2.05) is 20.2 Å². The Morgan fingerprint density at radius 3 is 2.64 bits per heavy atom. The number of nitrogens with one attached hydrogen (secondary N) is 2. The van der Waals surface area contributed by atoms with Crippen molar-refractivity contribution in [1.82, 2.24) is 29.9 Å². The van der Waals surface area contributed by atoms with Gasteiger partial charge >= 0.3 is 6.03 Å². The average molecular weight is 379 g/mol. The van der Waals surface area contributed by atoms with E-state index in [9.17, 15) is 9.18 Å². The maximum Gasteiger partial charge on any atom is 0.320 e. The fourth-order valence-electron chi connectivity index (χ4n) is 2.90. The van der Waals surface area contributed by atoms with E-state index in [4.69, 9.17) is 0 Å². The second-order valence-electron chi connectivity index (χ2n) is 6.43. The lowest BCUT2D eigenvalue weighted by molar-refractivity contribution is 0.249. The Balaban J connectivity index is 1.47. The van der Waals surface area contributed by atoms with E-state index in [-0.39, 0.29) is 11.9 Å². The molecule has 0 aliphatic carbocycles. The molecule has 0 aliphatic heterocycles. The van der Waals surface area contributed by atoms with Crippen molar-refractivity contribution in [3.8, 4) is 5.69 Å². The Labute approximate surface area is 160 Å². The third kappa shape index (κ3) is 3.54. The molecular weight excluding hydrogens is 361 g/mol. The van der Waals surface area contributed by atoms with Crippen molar-refractivity contribution in [3.05, 3.63) is 66.5 Å². The number of nitrogens with zero attached hydrogens (tertiary/aromatic N) is 5. The lowest BCUT2D eigenvalue weighted by Crippen LogP contribution is -2.31. The van der Waals surface area contributed by atoms with Crippen molar-refractivity contribution in [1.29, 1.82) is 0 Å². The van der Waals surface area contributed by atoms with Gasteiger partial charge in [-0.3, -0.25) is 10.00 Å². The van der Waals surface area contributed by atoms with Crippen LogP contribution in [0.2, 0.25) is 0 Å². The number of anilines is 1. The second-order valence-corrected chi connectivity index (χ2v) is 6.43. The van der Waals surface area contributed by atoms with Crippen LogP contribution in [0, 0.1) is 5.82 Å². The van der Waals surface area contributed by atoms with E-state index in [0.717, 1.165) is 22.2 Å². The summed E-state index contributed by atoms with van der Waals surface area (Å²) in [4.78, 5) is 16.6. The van der Waals surface area contributed by atoms with Crippen LogP contribution in [0.1, 0.15) is 18.5 Å². The van der Waals surface area contributed by atoms with Gasteiger partial charge in [-0.1, -0.05) is 12.1 Å². The summed E-state index contributed by atoms with van der Waals surface area (Å²) in [6.07, 6.45) is 6.91. The number of hydrogen-bond donors (Lipinski definition) is 2. The molecule has 0 aliphatic rings. The molecule has 1 aromatic carbocycles. The minimum absolute atomic E-state index is 0.280. The topological polar surface area (TPSA) is 89.7 Å². The van der Waals surface area contributed by atoms with E-state index >= 15 is 0 Å². The van der Waals surface area contributed by atoms with Gasteiger partial charge < -0.3 is 5.32 Å². The van der Waals surface area contributed by atoms with Crippen LogP contribution in [0.15, 0.2) is 55.1 Å². The molecule has 0 spiro atoms. The molecule has 0 bridgehead atoms. The summed E-state index contributed by atoms with van der Waals surface area (Å²) in [6.45, 7) is 1.82. The zero-order valence-electron chi connectivity index (χ0n) is 15.3. The van der Waals surface area contributed by atoms with Crippen LogP contribution in [0.3, 0.4) is 0 Å². The second kappa shape index (κ2) is 7.10. The number of aryl methyl sites for hydroxylation is 1. The number of aromatic nitrogens is 5. The summed E-state index contributed by atoms with van der Waals surface area (Å²) in [5.41, 5.74) is 2.43. The SMILES string of the molecule is C[C@@H](NC(=O)Nc1cc2cnn(-c3cnn(C)c3)c2cn1)c1ccc(F)cc1. The van der Waals surface area contributed by atoms with Crippen LogP contribution in [0.5, 0.6) is 0 Å². The third-order valence-electron chi connectivity index (χ3n) is 4.35. The van der Waals surface area contributed by atoms with Gasteiger partial charge in [-0.15, -0.1) is 0 Å². The van der Waals surface area contributed by atoms with E-state index in [2.05, 4.69) is 25.8 Å². The number of rotatable bonds is 4. The minimum atomic E-state index is -0.400. The highest BCUT2D eigenvalue weighted by molar-refractivity contribution is 5.91. The van der Waals surface area contributed by atoms with Gasteiger partial charge in [0.1, 0.15) is 17.3 Å². The molecule has 3 heterocycles. The number of amides is 2. The summed E-state index contributed by atoms with van der Waals surface area (Å²) in [7, 11) is 1.83. The molecule has 0 saturated carbocycles. The molecule has 0 radical (unpaired) electrons. The molecule has 3 aromatic heterocycles. The summed E-state index contributed by atoms with van der Waals surface area (Å²) >= 11 is 0. The molecule has 0 fully saturated rings. The quantitative estimate of drug-likeness (QED) is 0.570. The van der Waals surface area contributed by atoms with Gasteiger partial charge in [0.25, 0.3) is 0 Å². The van der Waals surface area contributed by atoms with Crippen LogP contribution < -0.4 is 10.6 Å². The van der Waals surface area contributed by atoms with Crippen LogP contribution >= 0.6 is 0 Å². The molecule has 8 nitrogen and oxygen atoms in total. The van der Waals surface area contributed by atoms with E-state index < -0.39 is 6.03 Å². The Hall–Kier alpha value is -3.75. The lowest BCUT2D eigenvalue weighted by Gasteiger charge is -2.14. The molecule has 28 heavy (non-hydrogen) atoms. The van der Waals surface area contributed by atoms with E-state index in [1.165, 1.54) is 12.1 Å². The van der Waals surface area contributed by atoms with Crippen LogP contribution in [0.4, 0.5) is 15.0 Å². The molecular formula is C19H18FN7O. The standard InChI is InChI=1S/C19H18FN7O/c1-12(13-3-5-15(20)6-4-13)24-19(28)25-18-7-14-8-23-27(17(14)10-21-18)16-9-22-26(2)11-16/h3-12H,1-2H3,(H2,21,24,25,28)/t12-/m1/s1. The van der Waals surface area contributed by atoms with Crippen molar-refractivity contribution < 1.29 is 9.18 Å². The van der Waals surface area contributed by atoms with Gasteiger partial charge in [-0.2, -0.15) is 10.2 Å². The zero-order valence-corrected chi connectivity index (χ0v) is 15.3. The number of urea groups is 1. The first-order valence-electron chi connectivity index (χ1n) is 8.65. The highest BCUT2D eigenvalue weighted by atomic mass is 19.1. The maximum absolute atomic E-state index is 13.0. The van der Waals surface area contributed by atoms with Gasteiger partial charge in [-0.25, -0.2) is 18.9 Å². The van der Waals surface area contributed by atoms with Crippen molar-refractivity contribution in [3.63, 3.8) is 0 Å². The van der Waals surface area contributed by atoms with E-state index in [1.54, 1.807) is 46.2 Å². The van der Waals surface area contributed by atoms with Gasteiger partial charge in [0.15, 0.2) is 0 Å². The summed E-state index contributed by atoms with van der Waals surface area (Å²) < 4.78 is 16.4. The van der Waals surface area contributed by atoms with Crippen molar-refractivity contribution in [2.24, 2.45) is 7.05 Å². The average Bonchev–Trinajstić information content (AvgIpc) is 3.27. The predicted molar refractivity (Wildman–Crippen MR) is 103 cm³/mol. The first-order chi connectivity index (χ1) is 13.5. The Kier molecular flexibility index (Phi) is 4.48. The highest BCUT2D eigenvalue weighted by Crippen LogP contribution is 2.20. The first kappa shape index (κ1) is 17.7. The monoisotopic (exact) mass is 379 g/mol. The number of fused-ring (bicyclic) bond motifs is 1. The number of carbonyl (C=O) groups excluding carboxylic acids is 1. The molecule has 4 aromatic rings. The molecule has 4 rings (SSSR count). The summed E-state index contributed by atoms with van der Waals surface area (Å²) in [6, 6.07) is 7.06. The predicted octanol–water partition coefficient (Wildman–Crippen LogP) is 3.18. The molecule has 0 saturated heterocycles. The molecule has 9 heteroatoms. The molecule has 2 N–H and O–H groups in total. The van der Waals surface area contributed by atoms with Gasteiger partial charge in [-0.05, 0) is 30.7 Å². The van der Waals surface area contributed by atoms with Crippen molar-refractivity contribution >= 4 is 22.8 Å². The van der Waals surface area contributed by atoms with Crippen molar-refractivity contribution in [2.75, 3.05) is 5.32 Å². The highest BCUT2D eigenvalue weighted by Gasteiger charge is 2.12. The minimum Gasteiger partial charge on any atom is -0.331 e. The van der Waals surface area contributed by atoms with E-state index in [0.29, 0.717) is 5.82 Å². The van der Waals surface area contributed by atoms with Crippen molar-refractivity contribution in [2.45, 2.75) is 13.0 Å². The van der Waals surface area contributed by atoms with Gasteiger partial charge in [0, 0.05) is 12.4 Å². The fourth-order valence-corrected chi connectivity index (χ4v) is 2.90. The Morgan fingerprint density at radius 2 is 1.93 bits per heavy atom. The third-order valence-corrected chi connectivity index (χ3v) is 4.35. The summed E-state index contributed by atoms with van der Waals surface area (Å²) in [5, 5.41) is 14.8. The van der Waals surface area contributed by atoms with Crippen LogP contribution in [-0.2, 0) is 7.05 Å². The number of hydrogen-bond acceptors (Lipinski definition) is 4. The molecule has 0 unspecified atom stereocenters. The Bertz CT molecular complexity index is 1130. The fraction of sp³-hybridized carbons (Fsp3) is 0.158. The molecule has 142 valence electrons. The number of benzene rings is 1. The number of halogens is 1. The van der Waals surface area contributed by atoms with Gasteiger partial charge in [0.05, 0.1) is 36.3 Å². The normalized spacial score (nSPS) is 12.1. The molecule has 2 amide bonds. The largest absolute Gasteiger partial charge is 0.331 e. The number of carbonyl (C=O) groups is 1. The van der Waals surface area contributed by atoms with Crippen LogP contribution in [0.25, 0.3) is 16.6 Å². The maximum atomic E-state index is 13.0. The Morgan fingerprint density at radius 1 is 1.14 bits per heavy atom. The molecule has 1 atom stereocenters. The number of pyridine rings is 1. The first-order valence-corrected chi connectivity index (χ1v) is 8.65. The summed E-state index contributed by atoms with van der Waals surface area (Å²) in [5.74, 6) is 0.0896. The van der Waals surface area contributed by atoms with Gasteiger partial charge in [0.2, 0.25) is 0 Å².